The van der Waals surface area contributed by atoms with E-state index < -0.39 is 17.7 Å². The average molecular weight is 380 g/mol. The summed E-state index contributed by atoms with van der Waals surface area (Å²) in [5.41, 5.74) is 0.737. The first kappa shape index (κ1) is 18.6. The van der Waals surface area contributed by atoms with Gasteiger partial charge in [-0.25, -0.2) is 13.8 Å². The highest BCUT2D eigenvalue weighted by molar-refractivity contribution is 6.33. The number of benzene rings is 1. The van der Waals surface area contributed by atoms with Gasteiger partial charge in [-0.15, -0.1) is 0 Å². The number of nitrogens with zero attached hydrogens (tertiary/aromatic N) is 2. The average Bonchev–Trinajstić information content (AvgIpc) is 2.63. The van der Waals surface area contributed by atoms with Crippen molar-refractivity contribution in [2.45, 2.75) is 32.2 Å². The van der Waals surface area contributed by atoms with Crippen molar-refractivity contribution in [1.82, 2.24) is 9.88 Å². The van der Waals surface area contributed by atoms with E-state index in [2.05, 4.69) is 10.3 Å². The molecule has 1 amide bonds. The molecule has 0 spiro atoms. The smallest absolute Gasteiger partial charge is 0.255 e. The van der Waals surface area contributed by atoms with Crippen molar-refractivity contribution >= 4 is 23.3 Å². The van der Waals surface area contributed by atoms with Gasteiger partial charge in [0.05, 0.1) is 16.6 Å². The molecule has 1 unspecified atom stereocenters. The van der Waals surface area contributed by atoms with Gasteiger partial charge in [0.25, 0.3) is 5.91 Å². The largest absolute Gasteiger partial charge is 0.362 e. The van der Waals surface area contributed by atoms with Crippen LogP contribution >= 0.6 is 11.6 Å². The van der Waals surface area contributed by atoms with Gasteiger partial charge in [-0.3, -0.25) is 4.79 Å². The number of carbonyl (C=O) groups excluding carboxylic acids is 1. The Labute approximate surface area is 156 Å². The lowest BCUT2D eigenvalue weighted by atomic mass is 10.1. The van der Waals surface area contributed by atoms with Crippen LogP contribution in [0.4, 0.5) is 14.6 Å². The summed E-state index contributed by atoms with van der Waals surface area (Å²) < 4.78 is 26.9. The Balaban J connectivity index is 1.74. The number of piperidine rings is 1. The Bertz CT molecular complexity index is 809. The van der Waals surface area contributed by atoms with Crippen LogP contribution in [0.3, 0.4) is 0 Å². The van der Waals surface area contributed by atoms with Gasteiger partial charge in [-0.1, -0.05) is 17.7 Å². The van der Waals surface area contributed by atoms with Crippen molar-refractivity contribution in [2.75, 3.05) is 18.4 Å². The van der Waals surface area contributed by atoms with Crippen LogP contribution in [0.25, 0.3) is 0 Å². The van der Waals surface area contributed by atoms with E-state index in [0.29, 0.717) is 16.9 Å². The van der Waals surface area contributed by atoms with Gasteiger partial charge in [-0.2, -0.15) is 0 Å². The van der Waals surface area contributed by atoms with Crippen LogP contribution in [-0.2, 0) is 0 Å². The predicted molar refractivity (Wildman–Crippen MR) is 97.4 cm³/mol. The summed E-state index contributed by atoms with van der Waals surface area (Å²) in [6, 6.07) is 4.52. The van der Waals surface area contributed by atoms with Crippen molar-refractivity contribution in [2.24, 2.45) is 0 Å². The first-order chi connectivity index (χ1) is 12.5. The third-order valence-corrected chi connectivity index (χ3v) is 4.80. The Kier molecular flexibility index (Phi) is 5.71. The third-order valence-electron chi connectivity index (χ3n) is 4.51. The number of hydrogen-bond donors (Lipinski definition) is 1. The molecule has 0 bridgehead atoms. The van der Waals surface area contributed by atoms with Crippen molar-refractivity contribution in [3.05, 3.63) is 58.2 Å². The van der Waals surface area contributed by atoms with Gasteiger partial charge in [0, 0.05) is 30.9 Å². The molecule has 1 N–H and O–H groups in total. The maximum absolute atomic E-state index is 13.9. The number of rotatable bonds is 4. The van der Waals surface area contributed by atoms with Gasteiger partial charge in [0.1, 0.15) is 17.5 Å². The van der Waals surface area contributed by atoms with E-state index in [-0.39, 0.29) is 10.9 Å². The van der Waals surface area contributed by atoms with E-state index in [1.54, 1.807) is 17.9 Å². The Morgan fingerprint density at radius 2 is 1.96 bits per heavy atom. The fourth-order valence-electron chi connectivity index (χ4n) is 3.08. The van der Waals surface area contributed by atoms with E-state index in [0.717, 1.165) is 38.4 Å². The fraction of sp³-hybridized carbons (Fsp3) is 0.368. The predicted octanol–water partition coefficient (Wildman–Crippen LogP) is 4.81. The maximum Gasteiger partial charge on any atom is 0.255 e. The Morgan fingerprint density at radius 3 is 2.62 bits per heavy atom. The molecule has 1 saturated heterocycles. The summed E-state index contributed by atoms with van der Waals surface area (Å²) in [5, 5.41) is 3.28. The van der Waals surface area contributed by atoms with Gasteiger partial charge in [0.15, 0.2) is 0 Å². The van der Waals surface area contributed by atoms with Crippen molar-refractivity contribution < 1.29 is 13.6 Å². The minimum atomic E-state index is -0.641. The highest BCUT2D eigenvalue weighted by Gasteiger charge is 2.20. The number of pyridine rings is 1. The summed E-state index contributed by atoms with van der Waals surface area (Å²) >= 11 is 6.26. The zero-order chi connectivity index (χ0) is 18.7. The quantitative estimate of drug-likeness (QED) is 0.828. The molecular weight excluding hydrogens is 360 g/mol. The second kappa shape index (κ2) is 7.99. The monoisotopic (exact) mass is 379 g/mol. The highest BCUT2D eigenvalue weighted by Crippen LogP contribution is 2.27. The fourth-order valence-corrected chi connectivity index (χ4v) is 3.30. The molecule has 1 aliphatic heterocycles. The van der Waals surface area contributed by atoms with Crippen LogP contribution in [0.5, 0.6) is 0 Å². The Morgan fingerprint density at radius 1 is 1.23 bits per heavy atom. The van der Waals surface area contributed by atoms with Crippen molar-refractivity contribution in [3.63, 3.8) is 0 Å². The standard InChI is InChI=1S/C19H20ClF2N3O/c1-12(15-6-5-14(21)10-17(15)22)24-18-16(20)9-13(11-23-18)19(26)25-7-3-2-4-8-25/h5-6,9-12H,2-4,7-8H2,1H3,(H,23,24). The summed E-state index contributed by atoms with van der Waals surface area (Å²) in [5.74, 6) is -1.01. The summed E-state index contributed by atoms with van der Waals surface area (Å²) in [6.07, 6.45) is 4.63. The minimum Gasteiger partial charge on any atom is -0.362 e. The second-order valence-corrected chi connectivity index (χ2v) is 6.85. The van der Waals surface area contributed by atoms with E-state index >= 15 is 0 Å². The van der Waals surface area contributed by atoms with Gasteiger partial charge in [-0.05, 0) is 38.3 Å². The molecule has 0 radical (unpaired) electrons. The second-order valence-electron chi connectivity index (χ2n) is 6.44. The first-order valence-corrected chi connectivity index (χ1v) is 9.00. The van der Waals surface area contributed by atoms with E-state index in [4.69, 9.17) is 11.6 Å². The number of hydrogen-bond acceptors (Lipinski definition) is 3. The van der Waals surface area contributed by atoms with Gasteiger partial charge >= 0.3 is 0 Å². The maximum atomic E-state index is 13.9. The lowest BCUT2D eigenvalue weighted by Gasteiger charge is -2.26. The van der Waals surface area contributed by atoms with Crippen molar-refractivity contribution in [3.8, 4) is 0 Å². The Hall–Kier alpha value is -2.21. The van der Waals surface area contributed by atoms with Gasteiger partial charge in [0.2, 0.25) is 0 Å². The van der Waals surface area contributed by atoms with Crippen LogP contribution in [0.1, 0.15) is 48.1 Å². The zero-order valence-electron chi connectivity index (χ0n) is 14.4. The number of halogens is 3. The summed E-state index contributed by atoms with van der Waals surface area (Å²) in [4.78, 5) is 18.5. The lowest BCUT2D eigenvalue weighted by Crippen LogP contribution is -2.35. The molecule has 1 fully saturated rings. The molecule has 1 aliphatic rings. The molecule has 3 rings (SSSR count). The third kappa shape index (κ3) is 4.12. The SMILES string of the molecule is CC(Nc1ncc(C(=O)N2CCCCC2)cc1Cl)c1ccc(F)cc1F. The molecule has 138 valence electrons. The number of aromatic nitrogens is 1. The topological polar surface area (TPSA) is 45.2 Å². The van der Waals surface area contributed by atoms with Gasteiger partial charge < -0.3 is 10.2 Å². The molecular formula is C19H20ClF2N3O. The zero-order valence-corrected chi connectivity index (χ0v) is 15.2. The number of anilines is 1. The van der Waals surface area contributed by atoms with Crippen molar-refractivity contribution in [1.29, 1.82) is 0 Å². The number of likely N-dealkylation sites (tertiary alicyclic amines) is 1. The molecule has 1 aromatic heterocycles. The first-order valence-electron chi connectivity index (χ1n) is 8.62. The van der Waals surface area contributed by atoms with E-state index in [9.17, 15) is 13.6 Å². The van der Waals surface area contributed by atoms with E-state index in [1.807, 2.05) is 0 Å². The number of amides is 1. The highest BCUT2D eigenvalue weighted by atomic mass is 35.5. The normalized spacial score (nSPS) is 15.6. The minimum absolute atomic E-state index is 0.0803. The van der Waals surface area contributed by atoms with Crippen LogP contribution in [0.2, 0.25) is 5.02 Å². The lowest BCUT2D eigenvalue weighted by molar-refractivity contribution is 0.0724. The summed E-state index contributed by atoms with van der Waals surface area (Å²) in [6.45, 7) is 3.22. The molecule has 7 heteroatoms. The molecule has 2 aromatic rings. The molecule has 0 aliphatic carbocycles. The van der Waals surface area contributed by atoms with Crippen LogP contribution < -0.4 is 5.32 Å². The van der Waals surface area contributed by atoms with E-state index in [1.165, 1.54) is 18.3 Å². The summed E-state index contributed by atoms with van der Waals surface area (Å²) in [7, 11) is 0. The molecule has 4 nitrogen and oxygen atoms in total. The van der Waals surface area contributed by atoms with Crippen LogP contribution in [-0.4, -0.2) is 28.9 Å². The van der Waals surface area contributed by atoms with Crippen LogP contribution in [0.15, 0.2) is 30.5 Å². The number of carbonyl (C=O) groups is 1. The molecule has 1 aromatic carbocycles. The molecule has 2 heterocycles. The van der Waals surface area contributed by atoms with Crippen LogP contribution in [0, 0.1) is 11.6 Å². The number of nitrogens with one attached hydrogen (secondary N) is 1. The molecule has 26 heavy (non-hydrogen) atoms. The molecule has 0 saturated carbocycles. The molecule has 1 atom stereocenters.